The summed E-state index contributed by atoms with van der Waals surface area (Å²) < 4.78 is 19.9. The lowest BCUT2D eigenvalue weighted by atomic mass is 9.93. The van der Waals surface area contributed by atoms with E-state index in [1.807, 2.05) is 6.07 Å². The maximum absolute atomic E-state index is 13.2. The van der Waals surface area contributed by atoms with Gasteiger partial charge in [-0.15, -0.1) is 0 Å². The summed E-state index contributed by atoms with van der Waals surface area (Å²) in [7, 11) is 0. The summed E-state index contributed by atoms with van der Waals surface area (Å²) >= 11 is 3.46. The molecular weight excluding hydrogens is 321 g/mol. The number of hydrogen-bond donors (Lipinski definition) is 1. The molecule has 0 radical (unpaired) electrons. The molecule has 1 N–H and O–H groups in total. The highest BCUT2D eigenvalue weighted by molar-refractivity contribution is 9.10. The number of rotatable bonds is 6. The normalized spacial score (nSPS) is 24.0. The molecule has 0 bridgehead atoms. The summed E-state index contributed by atoms with van der Waals surface area (Å²) in [5, 5.41) is 3.59. The molecule has 1 aliphatic rings. The molecule has 1 aromatic rings. The van der Waals surface area contributed by atoms with E-state index in [0.29, 0.717) is 5.92 Å². The Kier molecular flexibility index (Phi) is 6.00. The third-order valence-electron chi connectivity index (χ3n) is 3.95. The molecule has 0 aromatic heterocycles. The Hall–Kier alpha value is -0.450. The van der Waals surface area contributed by atoms with Crippen molar-refractivity contribution in [1.29, 1.82) is 0 Å². The molecule has 1 aromatic carbocycles. The average molecular weight is 344 g/mol. The zero-order chi connectivity index (χ0) is 14.5. The molecule has 2 rings (SSSR count). The van der Waals surface area contributed by atoms with Crippen LogP contribution >= 0.6 is 15.9 Å². The minimum atomic E-state index is -0.204. The van der Waals surface area contributed by atoms with Crippen molar-refractivity contribution in [2.45, 2.75) is 45.3 Å². The van der Waals surface area contributed by atoms with Gasteiger partial charge >= 0.3 is 0 Å². The van der Waals surface area contributed by atoms with Gasteiger partial charge in [-0.2, -0.15) is 0 Å². The lowest BCUT2D eigenvalue weighted by Gasteiger charge is -2.27. The van der Waals surface area contributed by atoms with E-state index in [9.17, 15) is 4.39 Å². The topological polar surface area (TPSA) is 21.3 Å². The monoisotopic (exact) mass is 343 g/mol. The molecule has 4 heteroatoms. The SMILES string of the molecule is CCCNC(Cc1ccc(F)cc1Br)C1OCCC1C. The first kappa shape index (κ1) is 15.9. The first-order valence-electron chi connectivity index (χ1n) is 7.40. The van der Waals surface area contributed by atoms with E-state index < -0.39 is 0 Å². The Balaban J connectivity index is 2.10. The molecule has 112 valence electrons. The average Bonchev–Trinajstić information content (AvgIpc) is 2.83. The van der Waals surface area contributed by atoms with Gasteiger partial charge in [0.25, 0.3) is 0 Å². The molecule has 0 amide bonds. The number of hydrogen-bond acceptors (Lipinski definition) is 2. The first-order chi connectivity index (χ1) is 9.61. The van der Waals surface area contributed by atoms with Gasteiger partial charge < -0.3 is 10.1 Å². The summed E-state index contributed by atoms with van der Waals surface area (Å²) in [6.07, 6.45) is 3.33. The molecule has 0 spiro atoms. The van der Waals surface area contributed by atoms with Crippen molar-refractivity contribution in [3.8, 4) is 0 Å². The minimum Gasteiger partial charge on any atom is -0.376 e. The second-order valence-electron chi connectivity index (χ2n) is 5.60. The number of halogens is 2. The van der Waals surface area contributed by atoms with Crippen LogP contribution in [0.15, 0.2) is 22.7 Å². The van der Waals surface area contributed by atoms with E-state index in [1.54, 1.807) is 0 Å². The highest BCUT2D eigenvalue weighted by Crippen LogP contribution is 2.27. The first-order valence-corrected chi connectivity index (χ1v) is 8.20. The van der Waals surface area contributed by atoms with E-state index in [4.69, 9.17) is 4.74 Å². The van der Waals surface area contributed by atoms with Crippen LogP contribution in [0, 0.1) is 11.7 Å². The zero-order valence-corrected chi connectivity index (χ0v) is 13.7. The lowest BCUT2D eigenvalue weighted by molar-refractivity contribution is 0.0610. The number of benzene rings is 1. The van der Waals surface area contributed by atoms with Crippen LogP contribution < -0.4 is 5.32 Å². The van der Waals surface area contributed by atoms with Gasteiger partial charge in [-0.1, -0.05) is 35.8 Å². The molecule has 20 heavy (non-hydrogen) atoms. The Morgan fingerprint density at radius 1 is 1.50 bits per heavy atom. The molecule has 0 saturated carbocycles. The van der Waals surface area contributed by atoms with Gasteiger partial charge in [-0.25, -0.2) is 4.39 Å². The fraction of sp³-hybridized carbons (Fsp3) is 0.625. The molecule has 1 aliphatic heterocycles. The Labute approximate surface area is 129 Å². The molecule has 2 nitrogen and oxygen atoms in total. The van der Waals surface area contributed by atoms with Gasteiger partial charge in [-0.3, -0.25) is 0 Å². The van der Waals surface area contributed by atoms with Crippen LogP contribution in [-0.2, 0) is 11.2 Å². The number of ether oxygens (including phenoxy) is 1. The molecule has 3 atom stereocenters. The predicted octanol–water partition coefficient (Wildman–Crippen LogP) is 3.92. The molecule has 1 heterocycles. The summed E-state index contributed by atoms with van der Waals surface area (Å²) in [5.74, 6) is 0.368. The van der Waals surface area contributed by atoms with E-state index in [1.165, 1.54) is 12.1 Å². The van der Waals surface area contributed by atoms with Crippen molar-refractivity contribution in [3.05, 3.63) is 34.1 Å². The summed E-state index contributed by atoms with van der Waals surface area (Å²) in [5.41, 5.74) is 1.13. The van der Waals surface area contributed by atoms with Crippen molar-refractivity contribution in [2.24, 2.45) is 5.92 Å². The van der Waals surface area contributed by atoms with Crippen molar-refractivity contribution < 1.29 is 9.13 Å². The molecule has 1 saturated heterocycles. The second kappa shape index (κ2) is 7.53. The third-order valence-corrected chi connectivity index (χ3v) is 4.69. The standard InChI is InChI=1S/C16H23BrFNO/c1-3-7-19-15(16-11(2)6-8-20-16)9-12-4-5-13(18)10-14(12)17/h4-5,10-11,15-16,19H,3,6-9H2,1-2H3. The number of nitrogens with one attached hydrogen (secondary N) is 1. The summed E-state index contributed by atoms with van der Waals surface area (Å²) in [4.78, 5) is 0. The van der Waals surface area contributed by atoms with E-state index in [2.05, 4.69) is 35.1 Å². The van der Waals surface area contributed by atoms with Gasteiger partial charge in [0.2, 0.25) is 0 Å². The van der Waals surface area contributed by atoms with E-state index >= 15 is 0 Å². The van der Waals surface area contributed by atoms with Crippen LogP contribution in [0.1, 0.15) is 32.3 Å². The highest BCUT2D eigenvalue weighted by atomic mass is 79.9. The summed E-state index contributed by atoms with van der Waals surface area (Å²) in [6, 6.07) is 5.20. The fourth-order valence-corrected chi connectivity index (χ4v) is 3.30. The Morgan fingerprint density at radius 2 is 2.30 bits per heavy atom. The predicted molar refractivity (Wildman–Crippen MR) is 83.4 cm³/mol. The van der Waals surface area contributed by atoms with Gasteiger partial charge in [0.05, 0.1) is 6.10 Å². The molecule has 3 unspecified atom stereocenters. The van der Waals surface area contributed by atoms with Gasteiger partial charge in [0.15, 0.2) is 0 Å². The Bertz CT molecular complexity index is 440. The Morgan fingerprint density at radius 3 is 2.90 bits per heavy atom. The lowest BCUT2D eigenvalue weighted by Crippen LogP contribution is -2.44. The zero-order valence-electron chi connectivity index (χ0n) is 12.2. The highest BCUT2D eigenvalue weighted by Gasteiger charge is 2.32. The van der Waals surface area contributed by atoms with Crippen LogP contribution in [0.25, 0.3) is 0 Å². The molecular formula is C16H23BrFNO. The quantitative estimate of drug-likeness (QED) is 0.845. The van der Waals surface area contributed by atoms with Gasteiger partial charge in [-0.05, 0) is 49.4 Å². The maximum Gasteiger partial charge on any atom is 0.124 e. The molecule has 1 fully saturated rings. The van der Waals surface area contributed by atoms with Gasteiger partial charge in [0, 0.05) is 17.1 Å². The van der Waals surface area contributed by atoms with Crippen molar-refractivity contribution >= 4 is 15.9 Å². The maximum atomic E-state index is 13.2. The van der Waals surface area contributed by atoms with Crippen LogP contribution in [0.4, 0.5) is 4.39 Å². The fourth-order valence-electron chi connectivity index (χ4n) is 2.79. The molecule has 0 aliphatic carbocycles. The second-order valence-corrected chi connectivity index (χ2v) is 6.46. The van der Waals surface area contributed by atoms with Crippen LogP contribution in [0.5, 0.6) is 0 Å². The van der Waals surface area contributed by atoms with E-state index in [-0.39, 0.29) is 18.0 Å². The van der Waals surface area contributed by atoms with Crippen molar-refractivity contribution in [3.63, 3.8) is 0 Å². The van der Waals surface area contributed by atoms with Crippen LogP contribution in [0.2, 0.25) is 0 Å². The van der Waals surface area contributed by atoms with Crippen molar-refractivity contribution in [1.82, 2.24) is 5.32 Å². The largest absolute Gasteiger partial charge is 0.376 e. The van der Waals surface area contributed by atoms with Crippen LogP contribution in [0.3, 0.4) is 0 Å². The van der Waals surface area contributed by atoms with Crippen molar-refractivity contribution in [2.75, 3.05) is 13.2 Å². The minimum absolute atomic E-state index is 0.204. The van der Waals surface area contributed by atoms with Crippen LogP contribution in [-0.4, -0.2) is 25.3 Å². The van der Waals surface area contributed by atoms with E-state index in [0.717, 1.165) is 42.5 Å². The van der Waals surface area contributed by atoms with Gasteiger partial charge in [0.1, 0.15) is 5.82 Å². The smallest absolute Gasteiger partial charge is 0.124 e. The third kappa shape index (κ3) is 4.03. The summed E-state index contributed by atoms with van der Waals surface area (Å²) in [6.45, 7) is 6.24.